The molecule has 1 fully saturated rings. The second-order valence-electron chi connectivity index (χ2n) is 7.68. The van der Waals surface area contributed by atoms with Crippen molar-refractivity contribution in [2.75, 3.05) is 19.6 Å². The number of ketones is 1. The number of quaternary nitrogens is 1. The second-order valence-corrected chi connectivity index (χ2v) is 7.68. The molecule has 0 saturated carbocycles. The molecule has 1 aliphatic rings. The van der Waals surface area contributed by atoms with Gasteiger partial charge in [-0.1, -0.05) is 53.6 Å². The van der Waals surface area contributed by atoms with Crippen molar-refractivity contribution in [2.24, 2.45) is 0 Å². The molecule has 4 heteroatoms. The average Bonchev–Trinajstić information content (AvgIpc) is 3.06. The van der Waals surface area contributed by atoms with Gasteiger partial charge < -0.3 is 4.48 Å². The minimum atomic E-state index is 0. The zero-order chi connectivity index (χ0) is 18.6. The molecule has 0 aliphatic carbocycles. The van der Waals surface area contributed by atoms with Crippen LogP contribution < -0.4 is 0 Å². The van der Waals surface area contributed by atoms with Crippen molar-refractivity contribution in [1.82, 2.24) is 0 Å². The molecule has 137 valence electrons. The summed E-state index contributed by atoms with van der Waals surface area (Å²) in [5, 5.41) is 0. The van der Waals surface area contributed by atoms with Crippen LogP contribution in [0.2, 0.25) is 0 Å². The van der Waals surface area contributed by atoms with Crippen LogP contribution in [0.15, 0.2) is 42.5 Å². The quantitative estimate of drug-likeness (QED) is 0.472. The Morgan fingerprint density at radius 1 is 1.07 bits per heavy atom. The molecular weight excluding hydrogens is 409 g/mol. The van der Waals surface area contributed by atoms with E-state index in [1.807, 2.05) is 32.0 Å². The van der Waals surface area contributed by atoms with E-state index in [-0.39, 0.29) is 32.7 Å². The number of Topliss-reactive ketones (excluding diaryl/α,β-unsaturated/α-hetero) is 1. The van der Waals surface area contributed by atoms with Gasteiger partial charge in [-0.2, -0.15) is 0 Å². The molecule has 27 heavy (non-hydrogen) atoms. The molecule has 0 amide bonds. The number of hydrogen-bond donors (Lipinski definition) is 0. The summed E-state index contributed by atoms with van der Waals surface area (Å²) in [6.45, 7) is 14.9. The Kier molecular flexibility index (Phi) is 7.92. The van der Waals surface area contributed by atoms with Crippen molar-refractivity contribution in [3.05, 3.63) is 76.1 Å². The van der Waals surface area contributed by atoms with E-state index in [2.05, 4.69) is 29.1 Å². The first-order chi connectivity index (χ1) is 12.5. The van der Waals surface area contributed by atoms with Gasteiger partial charge in [-0.15, -0.1) is 0 Å². The summed E-state index contributed by atoms with van der Waals surface area (Å²) in [6, 6.07) is 14.3. The minimum absolute atomic E-state index is 0. The molecule has 0 N–H and O–H groups in total. The molecule has 1 radical (unpaired) electrons. The standard InChI is InChI=1S/C23H27N2O.Y/c1-18-13-21(24-3)14-19(2)23(18)15-22(26)17-25(11-7-8-12-25)16-20-9-5-4-6-10-20;/h4-6,9-10,13-14H,7-8,11-12,15-17H2,1-2H3;/q+1;. The van der Waals surface area contributed by atoms with Crippen molar-refractivity contribution in [3.8, 4) is 0 Å². The van der Waals surface area contributed by atoms with Crippen LogP contribution >= 0.6 is 0 Å². The topological polar surface area (TPSA) is 21.4 Å². The smallest absolute Gasteiger partial charge is 0.191 e. The van der Waals surface area contributed by atoms with Crippen LogP contribution in [0.25, 0.3) is 4.85 Å². The summed E-state index contributed by atoms with van der Waals surface area (Å²) < 4.78 is 0.890. The molecule has 1 heterocycles. The molecule has 2 aromatic rings. The molecule has 3 rings (SSSR count). The Bertz CT molecular complexity index is 810. The Hall–Kier alpha value is -1.34. The van der Waals surface area contributed by atoms with Gasteiger partial charge in [0.25, 0.3) is 0 Å². The molecule has 1 aliphatic heterocycles. The van der Waals surface area contributed by atoms with Gasteiger partial charge in [0.1, 0.15) is 13.1 Å². The number of hydrogen-bond acceptors (Lipinski definition) is 1. The average molecular weight is 436 g/mol. The summed E-state index contributed by atoms with van der Waals surface area (Å²) in [5.74, 6) is 0.310. The number of aryl methyl sites for hydroxylation is 2. The summed E-state index contributed by atoms with van der Waals surface area (Å²) in [4.78, 5) is 16.5. The molecular formula is C23H27N2OY+. The van der Waals surface area contributed by atoms with Crippen LogP contribution in [0.1, 0.15) is 35.1 Å². The molecule has 1 saturated heterocycles. The number of rotatable bonds is 6. The van der Waals surface area contributed by atoms with E-state index < -0.39 is 0 Å². The number of carbonyl (C=O) groups is 1. The largest absolute Gasteiger partial charge is 0.314 e. The predicted molar refractivity (Wildman–Crippen MR) is 105 cm³/mol. The maximum atomic E-state index is 12.9. The van der Waals surface area contributed by atoms with Crippen LogP contribution in [0.3, 0.4) is 0 Å². The van der Waals surface area contributed by atoms with Gasteiger partial charge in [0, 0.05) is 57.5 Å². The van der Waals surface area contributed by atoms with Gasteiger partial charge in [-0.25, -0.2) is 4.85 Å². The summed E-state index contributed by atoms with van der Waals surface area (Å²) >= 11 is 0. The van der Waals surface area contributed by atoms with E-state index in [4.69, 9.17) is 6.57 Å². The number of nitrogens with zero attached hydrogens (tertiary/aromatic N) is 2. The predicted octanol–water partition coefficient (Wildman–Crippen LogP) is 4.77. The van der Waals surface area contributed by atoms with Crippen LogP contribution in [0.5, 0.6) is 0 Å². The SMILES string of the molecule is [C-]#[N+]c1cc(C)c(CC(=O)C[N+]2(Cc3ccccc3)CCCC2)c(C)c1.[Y]. The number of benzene rings is 2. The van der Waals surface area contributed by atoms with Crippen LogP contribution in [-0.4, -0.2) is 29.9 Å². The summed E-state index contributed by atoms with van der Waals surface area (Å²) in [7, 11) is 0. The van der Waals surface area contributed by atoms with Crippen LogP contribution in [0, 0.1) is 20.4 Å². The fourth-order valence-electron chi connectivity index (χ4n) is 4.29. The van der Waals surface area contributed by atoms with E-state index in [9.17, 15) is 4.79 Å². The Morgan fingerprint density at radius 2 is 1.67 bits per heavy atom. The molecule has 3 nitrogen and oxygen atoms in total. The zero-order valence-electron chi connectivity index (χ0n) is 16.4. The minimum Gasteiger partial charge on any atom is -0.314 e. The first-order valence-electron chi connectivity index (χ1n) is 9.40. The van der Waals surface area contributed by atoms with E-state index in [1.165, 1.54) is 18.4 Å². The third-order valence-electron chi connectivity index (χ3n) is 5.57. The summed E-state index contributed by atoms with van der Waals surface area (Å²) in [5.41, 5.74) is 5.18. The van der Waals surface area contributed by atoms with Gasteiger partial charge in [0.2, 0.25) is 0 Å². The molecule has 0 atom stereocenters. The van der Waals surface area contributed by atoms with Crippen molar-refractivity contribution < 1.29 is 42.0 Å². The Morgan fingerprint density at radius 3 is 2.22 bits per heavy atom. The third kappa shape index (κ3) is 5.58. The van der Waals surface area contributed by atoms with Crippen molar-refractivity contribution in [2.45, 2.75) is 39.7 Å². The first-order valence-corrected chi connectivity index (χ1v) is 9.40. The first kappa shape index (κ1) is 22.0. The van der Waals surface area contributed by atoms with Crippen LogP contribution in [0.4, 0.5) is 5.69 Å². The van der Waals surface area contributed by atoms with Gasteiger partial charge in [0.05, 0.1) is 19.7 Å². The zero-order valence-corrected chi connectivity index (χ0v) is 19.2. The van der Waals surface area contributed by atoms with E-state index in [1.54, 1.807) is 0 Å². The van der Waals surface area contributed by atoms with Gasteiger partial charge >= 0.3 is 0 Å². The second kappa shape index (κ2) is 9.74. The van der Waals surface area contributed by atoms with Crippen molar-refractivity contribution in [3.63, 3.8) is 0 Å². The fourth-order valence-corrected chi connectivity index (χ4v) is 4.29. The Labute approximate surface area is 188 Å². The Balaban J connectivity index is 0.00000261. The van der Waals surface area contributed by atoms with E-state index in [0.717, 1.165) is 40.8 Å². The van der Waals surface area contributed by atoms with E-state index in [0.29, 0.717) is 24.4 Å². The van der Waals surface area contributed by atoms with E-state index >= 15 is 0 Å². The normalized spacial score (nSPS) is 15.0. The van der Waals surface area contributed by atoms with Gasteiger partial charge in [0.15, 0.2) is 11.5 Å². The monoisotopic (exact) mass is 436 g/mol. The molecule has 0 spiro atoms. The summed E-state index contributed by atoms with van der Waals surface area (Å²) in [6.07, 6.45) is 2.89. The number of likely N-dealkylation sites (tertiary alicyclic amines) is 1. The van der Waals surface area contributed by atoms with Crippen molar-refractivity contribution in [1.29, 1.82) is 0 Å². The third-order valence-corrected chi connectivity index (χ3v) is 5.57. The number of carbonyl (C=O) groups excluding carboxylic acids is 1. The molecule has 2 aromatic carbocycles. The maximum absolute atomic E-state index is 12.9. The molecule has 0 bridgehead atoms. The maximum Gasteiger partial charge on any atom is 0.191 e. The fraction of sp³-hybridized carbons (Fsp3) is 0.391. The van der Waals surface area contributed by atoms with Crippen molar-refractivity contribution >= 4 is 11.5 Å². The molecule has 0 aromatic heterocycles. The van der Waals surface area contributed by atoms with Gasteiger partial charge in [-0.05, 0) is 19.4 Å². The van der Waals surface area contributed by atoms with Gasteiger partial charge in [-0.3, -0.25) is 4.79 Å². The van der Waals surface area contributed by atoms with Crippen LogP contribution in [-0.2, 0) is 50.5 Å². The molecule has 0 unspecified atom stereocenters.